The van der Waals surface area contributed by atoms with Gasteiger partial charge in [0.15, 0.2) is 0 Å². The van der Waals surface area contributed by atoms with Crippen LogP contribution in [0.4, 0.5) is 0 Å². The molecule has 0 aliphatic heterocycles. The standard InChI is InChI=1S/C9H7NO.C5H5.2ClH.Ti/c11-9-5-6-10-8-4-2-1-3-7(8)9;1-2-4-5-3-1;;;/h1-6H,(H,10,11);1-3H,4H2;2*1H;/q;;;;+3/p-3. The van der Waals surface area contributed by atoms with Gasteiger partial charge >= 0.3 is 110 Å². The molecule has 2 aromatic rings. The van der Waals surface area contributed by atoms with E-state index in [0.29, 0.717) is 0 Å². The van der Waals surface area contributed by atoms with Crippen molar-refractivity contribution in [2.24, 2.45) is 0 Å². The number of hydrogen-bond donors (Lipinski definition) is 0. The van der Waals surface area contributed by atoms with Gasteiger partial charge in [0.25, 0.3) is 0 Å². The molecule has 0 atom stereocenters. The maximum atomic E-state index is 5.98. The van der Waals surface area contributed by atoms with Crippen molar-refractivity contribution >= 4 is 10.9 Å². The van der Waals surface area contributed by atoms with Crippen molar-refractivity contribution in [1.29, 1.82) is 0 Å². The summed E-state index contributed by atoms with van der Waals surface area (Å²) in [6.07, 6.45) is 9.32. The van der Waals surface area contributed by atoms with Crippen LogP contribution in [0.15, 0.2) is 58.6 Å². The van der Waals surface area contributed by atoms with Crippen LogP contribution in [0, 0.1) is 0 Å². The first kappa shape index (κ1) is 16.3. The second kappa shape index (κ2) is 7.71. The molecule has 1 aliphatic rings. The normalized spacial score (nSPS) is 12.1. The molecule has 0 fully saturated rings. The van der Waals surface area contributed by atoms with Gasteiger partial charge in [0, 0.05) is 0 Å². The molecule has 1 heterocycles. The molecule has 5 heteroatoms. The minimum Gasteiger partial charge on any atom is -1.00 e. The molecule has 0 saturated carbocycles. The molecule has 1 aliphatic carbocycles. The minimum absolute atomic E-state index is 0. The molecule has 0 amide bonds. The fourth-order valence-corrected chi connectivity index (χ4v) is 3.03. The second-order valence-electron chi connectivity index (χ2n) is 3.85. The van der Waals surface area contributed by atoms with E-state index in [1.54, 1.807) is 0 Å². The zero-order valence-corrected chi connectivity index (χ0v) is 13.1. The summed E-state index contributed by atoms with van der Waals surface area (Å²) in [5, 5.41) is 1.10. The van der Waals surface area contributed by atoms with Gasteiger partial charge < -0.3 is 24.8 Å². The Morgan fingerprint density at radius 1 is 1.11 bits per heavy atom. The van der Waals surface area contributed by atoms with Crippen molar-refractivity contribution in [2.45, 2.75) is 6.42 Å². The maximum absolute atomic E-state index is 5.98. The number of fused-ring (bicyclic) bond motifs is 1. The summed E-state index contributed by atoms with van der Waals surface area (Å²) in [5.41, 5.74) is 0.995. The molecule has 2 nitrogen and oxygen atoms in total. The Morgan fingerprint density at radius 2 is 1.95 bits per heavy atom. The third kappa shape index (κ3) is 3.83. The van der Waals surface area contributed by atoms with E-state index in [0.717, 1.165) is 23.1 Å². The van der Waals surface area contributed by atoms with Crippen LogP contribution in [0.25, 0.3) is 10.9 Å². The van der Waals surface area contributed by atoms with Crippen molar-refractivity contribution in [3.8, 4) is 5.75 Å². The first-order valence-corrected chi connectivity index (χ1v) is 6.97. The molecule has 0 unspecified atom stereocenters. The topological polar surface area (TPSA) is 22.1 Å². The van der Waals surface area contributed by atoms with Crippen molar-refractivity contribution in [3.63, 3.8) is 0 Å². The van der Waals surface area contributed by atoms with Crippen LogP contribution in [0.3, 0.4) is 0 Å². The summed E-state index contributed by atoms with van der Waals surface area (Å²) >= 11 is -0.500. The summed E-state index contributed by atoms with van der Waals surface area (Å²) in [6.45, 7) is 0. The first-order chi connectivity index (χ1) is 8.43. The van der Waals surface area contributed by atoms with Crippen LogP contribution in [0.1, 0.15) is 6.42 Å². The Labute approximate surface area is 134 Å². The Balaban J connectivity index is 0.000000902. The van der Waals surface area contributed by atoms with Gasteiger partial charge in [0.05, 0.1) is 0 Å². The van der Waals surface area contributed by atoms with E-state index >= 15 is 0 Å². The monoisotopic (exact) mass is 327 g/mol. The van der Waals surface area contributed by atoms with Crippen LogP contribution in [-0.4, -0.2) is 4.98 Å². The van der Waals surface area contributed by atoms with E-state index in [9.17, 15) is 0 Å². The average molecular weight is 328 g/mol. The number of pyridine rings is 1. The number of benzene rings is 1. The van der Waals surface area contributed by atoms with E-state index in [1.165, 1.54) is 3.88 Å². The average Bonchev–Trinajstić information content (AvgIpc) is 2.89. The fourth-order valence-electron chi connectivity index (χ4n) is 1.80. The van der Waals surface area contributed by atoms with Gasteiger partial charge in [-0.1, -0.05) is 0 Å². The third-order valence-corrected chi connectivity index (χ3v) is 4.16. The number of aromatic nitrogens is 1. The first-order valence-electron chi connectivity index (χ1n) is 5.56. The van der Waals surface area contributed by atoms with Gasteiger partial charge in [-0.15, -0.1) is 0 Å². The minimum atomic E-state index is -0.500. The summed E-state index contributed by atoms with van der Waals surface area (Å²) in [6, 6.07) is 10.0. The summed E-state index contributed by atoms with van der Waals surface area (Å²) in [4.78, 5) is 4.33. The molecule has 19 heavy (non-hydrogen) atoms. The Hall–Kier alpha value is -0.796. The third-order valence-electron chi connectivity index (χ3n) is 2.67. The Kier molecular flexibility index (Phi) is 6.60. The van der Waals surface area contributed by atoms with Crippen molar-refractivity contribution < 1.29 is 47.7 Å². The summed E-state index contributed by atoms with van der Waals surface area (Å²) in [5.74, 6) is 0.961. The predicted octanol–water partition coefficient (Wildman–Crippen LogP) is -2.54. The van der Waals surface area contributed by atoms with Gasteiger partial charge in [0.1, 0.15) is 0 Å². The molecule has 0 bridgehead atoms. The quantitative estimate of drug-likeness (QED) is 0.580. The van der Waals surface area contributed by atoms with E-state index in [2.05, 4.69) is 29.3 Å². The van der Waals surface area contributed by atoms with Gasteiger partial charge in [-0.2, -0.15) is 0 Å². The fraction of sp³-hybridized carbons (Fsp3) is 0.0714. The van der Waals surface area contributed by atoms with Crippen molar-refractivity contribution in [2.75, 3.05) is 0 Å². The molecular formula is C14H11Cl2NOTi. The molecular weight excluding hydrogens is 317 g/mol. The molecule has 0 spiro atoms. The molecule has 1 aromatic heterocycles. The van der Waals surface area contributed by atoms with Crippen LogP contribution in [0.2, 0.25) is 0 Å². The molecule has 0 saturated heterocycles. The number of allylic oxidation sites excluding steroid dienone is 4. The van der Waals surface area contributed by atoms with Crippen LogP contribution in [-0.2, 0) is 19.5 Å². The van der Waals surface area contributed by atoms with Gasteiger partial charge in [-0.25, -0.2) is 0 Å². The Morgan fingerprint density at radius 3 is 2.74 bits per heavy atom. The van der Waals surface area contributed by atoms with E-state index < -0.39 is 19.5 Å². The smallest absolute Gasteiger partial charge is 1.00 e. The maximum Gasteiger partial charge on any atom is -1.00 e. The predicted molar refractivity (Wildman–Crippen MR) is 64.2 cm³/mol. The van der Waals surface area contributed by atoms with Crippen LogP contribution in [0.5, 0.6) is 5.75 Å². The van der Waals surface area contributed by atoms with Crippen molar-refractivity contribution in [3.05, 3.63) is 58.6 Å². The van der Waals surface area contributed by atoms with Crippen LogP contribution < -0.4 is 28.1 Å². The van der Waals surface area contributed by atoms with Crippen LogP contribution >= 0.6 is 0 Å². The van der Waals surface area contributed by atoms with E-state index in [1.807, 2.05) is 30.5 Å². The summed E-state index contributed by atoms with van der Waals surface area (Å²) < 4.78 is 7.42. The summed E-state index contributed by atoms with van der Waals surface area (Å²) in [7, 11) is 0. The van der Waals surface area contributed by atoms with Gasteiger partial charge in [0.2, 0.25) is 0 Å². The number of rotatable bonds is 3. The van der Waals surface area contributed by atoms with Gasteiger partial charge in [-0.05, 0) is 0 Å². The number of halogens is 2. The molecule has 0 radical (unpaired) electrons. The van der Waals surface area contributed by atoms with E-state index in [-0.39, 0.29) is 24.8 Å². The molecule has 0 N–H and O–H groups in total. The second-order valence-corrected chi connectivity index (χ2v) is 5.49. The SMILES string of the molecule is C1=CC[C]([Ti+2][O]c2ccnc3ccccc23)=C1.[Cl-].[Cl-]. The molecule has 3 rings (SSSR count). The van der Waals surface area contributed by atoms with E-state index in [4.69, 9.17) is 3.32 Å². The molecule has 96 valence electrons. The molecule has 1 aromatic carbocycles. The number of hydrogen-bond acceptors (Lipinski definition) is 2. The number of para-hydroxylation sites is 1. The Bertz CT molecular complexity index is 608. The zero-order chi connectivity index (χ0) is 11.5. The van der Waals surface area contributed by atoms with Crippen molar-refractivity contribution in [1.82, 2.24) is 4.98 Å². The largest absolute Gasteiger partial charge is 1.00 e. The zero-order valence-electron chi connectivity index (χ0n) is 10.0. The van der Waals surface area contributed by atoms with Gasteiger partial charge in [-0.3, -0.25) is 0 Å². The number of nitrogens with zero attached hydrogens (tertiary/aromatic N) is 1.